The molecule has 0 unspecified atom stereocenters. The van der Waals surface area contributed by atoms with Crippen molar-refractivity contribution in [2.75, 3.05) is 10.6 Å². The molecule has 3 aromatic heterocycles. The number of benzodiazepines with no additional fused rings is 1. The van der Waals surface area contributed by atoms with Gasteiger partial charge in [-0.15, -0.1) is 16.4 Å². The van der Waals surface area contributed by atoms with Gasteiger partial charge in [-0.3, -0.25) is 4.79 Å². The van der Waals surface area contributed by atoms with Crippen molar-refractivity contribution in [2.24, 2.45) is 4.99 Å². The lowest BCUT2D eigenvalue weighted by Gasteiger charge is -2.11. The number of carbonyl (C=O) groups excluding carboxylic acids is 1. The third-order valence-corrected chi connectivity index (χ3v) is 8.80. The molecule has 4 heterocycles. The number of carbonyl (C=O) groups is 1. The van der Waals surface area contributed by atoms with Crippen molar-refractivity contribution in [3.05, 3.63) is 88.7 Å². The third kappa shape index (κ3) is 4.73. The first-order valence-corrected chi connectivity index (χ1v) is 14.4. The van der Waals surface area contributed by atoms with Crippen LogP contribution in [0.25, 0.3) is 22.0 Å². The molecule has 1 atom stereocenters. The van der Waals surface area contributed by atoms with Crippen LogP contribution < -0.4 is 10.6 Å². The van der Waals surface area contributed by atoms with Crippen molar-refractivity contribution < 1.29 is 13.6 Å². The summed E-state index contributed by atoms with van der Waals surface area (Å²) >= 11 is 1.57. The van der Waals surface area contributed by atoms with Crippen molar-refractivity contribution in [2.45, 2.75) is 44.7 Å². The molecule has 2 aliphatic rings. The molecule has 0 saturated heterocycles. The van der Waals surface area contributed by atoms with Gasteiger partial charge in [0.1, 0.15) is 17.3 Å². The van der Waals surface area contributed by atoms with E-state index < -0.39 is 17.9 Å². The van der Waals surface area contributed by atoms with E-state index >= 15 is 0 Å². The molecule has 1 amide bonds. The number of thiazole rings is 1. The molecule has 2 aromatic carbocycles. The Labute approximate surface area is 244 Å². The predicted octanol–water partition coefficient (Wildman–Crippen LogP) is 5.63. The number of aromatic nitrogens is 5. The average molecular weight is 581 g/mol. The lowest BCUT2D eigenvalue weighted by Crippen LogP contribution is -2.32. The van der Waals surface area contributed by atoms with Crippen LogP contribution in [0.4, 0.5) is 16.1 Å². The fraction of sp³-hybridized carbons (Fsp3) is 0.233. The second kappa shape index (κ2) is 10.2. The summed E-state index contributed by atoms with van der Waals surface area (Å²) in [6, 6.07) is 13.9. The summed E-state index contributed by atoms with van der Waals surface area (Å²) in [5.74, 6) is -0.187. The number of para-hydroxylation sites is 1. The molecule has 1 fully saturated rings. The minimum Gasteiger partial charge on any atom is -0.402 e. The van der Waals surface area contributed by atoms with Gasteiger partial charge in [-0.2, -0.15) is 0 Å². The van der Waals surface area contributed by atoms with E-state index in [1.807, 2.05) is 37.3 Å². The fourth-order valence-corrected chi connectivity index (χ4v) is 5.92. The van der Waals surface area contributed by atoms with Gasteiger partial charge in [0.25, 0.3) is 11.8 Å². The predicted molar refractivity (Wildman–Crippen MR) is 157 cm³/mol. The molecule has 12 heteroatoms. The summed E-state index contributed by atoms with van der Waals surface area (Å²) in [5, 5.41) is 15.0. The molecular weight excluding hydrogens is 555 g/mol. The highest BCUT2D eigenvalue weighted by atomic mass is 32.1. The summed E-state index contributed by atoms with van der Waals surface area (Å²) in [4.78, 5) is 32.6. The van der Waals surface area contributed by atoms with Crippen LogP contribution in [0.15, 0.2) is 70.3 Å². The Bertz CT molecular complexity index is 1830. The zero-order valence-corrected chi connectivity index (χ0v) is 23.6. The van der Waals surface area contributed by atoms with Gasteiger partial charge in [0.2, 0.25) is 6.17 Å². The van der Waals surface area contributed by atoms with Crippen molar-refractivity contribution >= 4 is 34.7 Å². The Balaban J connectivity index is 1.24. The number of nitrogens with zero attached hydrogens (tertiary/aromatic N) is 6. The van der Waals surface area contributed by atoms with E-state index in [9.17, 15) is 9.18 Å². The van der Waals surface area contributed by atoms with Gasteiger partial charge in [0, 0.05) is 40.9 Å². The second-order valence-electron chi connectivity index (χ2n) is 10.5. The SMILES string of the molecule is CCc1ncc(-c2sc(C3(C)CC3)nc2-c2nnc(N[C@@H]3N=C(c4ccccc4)c4cccc(F)c4NC3=O)o2)cn1. The largest absolute Gasteiger partial charge is 0.402 e. The maximum atomic E-state index is 14.8. The fourth-order valence-electron chi connectivity index (χ4n) is 4.69. The molecular formula is C30H25FN8O2S. The summed E-state index contributed by atoms with van der Waals surface area (Å²) in [6.07, 6.45) is 5.24. The molecule has 210 valence electrons. The normalized spacial score (nSPS) is 17.2. The maximum Gasteiger partial charge on any atom is 0.317 e. The maximum absolute atomic E-state index is 14.8. The number of rotatable bonds is 7. The standard InChI is InChI=1S/C30H25FN8O2S/c1-3-20-32-14-17(15-33-20)24-23(36-28(42-24)30(2)12-13-30)27-38-39-29(41-27)37-25-26(40)35-22-18(10-7-11-19(22)31)21(34-25)16-8-5-4-6-9-16/h4-11,14-15,25H,3,12-13H2,1-2H3,(H,35,40)(H,37,39)/t25-/m0/s1. The highest BCUT2D eigenvalue weighted by Crippen LogP contribution is 2.51. The minimum atomic E-state index is -1.17. The zero-order chi connectivity index (χ0) is 28.8. The number of anilines is 2. The second-order valence-corrected chi connectivity index (χ2v) is 11.5. The van der Waals surface area contributed by atoms with E-state index in [0.717, 1.165) is 46.1 Å². The molecule has 42 heavy (non-hydrogen) atoms. The van der Waals surface area contributed by atoms with Crippen LogP contribution in [0.5, 0.6) is 0 Å². The summed E-state index contributed by atoms with van der Waals surface area (Å²) in [6.45, 7) is 4.19. The number of nitrogens with one attached hydrogen (secondary N) is 2. The van der Waals surface area contributed by atoms with Crippen molar-refractivity contribution in [1.29, 1.82) is 0 Å². The molecule has 0 spiro atoms. The van der Waals surface area contributed by atoms with Crippen LogP contribution in [0.3, 0.4) is 0 Å². The summed E-state index contributed by atoms with van der Waals surface area (Å²) < 4.78 is 20.8. The minimum absolute atomic E-state index is 0.0221. The summed E-state index contributed by atoms with van der Waals surface area (Å²) in [5.41, 5.74) is 3.06. The van der Waals surface area contributed by atoms with Gasteiger partial charge in [0.05, 0.1) is 21.3 Å². The topological polar surface area (TPSA) is 131 Å². The molecule has 7 rings (SSSR count). The number of fused-ring (bicyclic) bond motifs is 1. The van der Waals surface area contributed by atoms with Crippen molar-refractivity contribution in [3.8, 4) is 22.0 Å². The van der Waals surface area contributed by atoms with Crippen molar-refractivity contribution in [1.82, 2.24) is 25.1 Å². The zero-order valence-electron chi connectivity index (χ0n) is 22.8. The first-order valence-electron chi connectivity index (χ1n) is 13.6. The number of amides is 1. The number of hydrogen-bond donors (Lipinski definition) is 2. The van der Waals surface area contributed by atoms with Gasteiger partial charge in [0.15, 0.2) is 0 Å². The molecule has 1 saturated carbocycles. The number of aryl methyl sites for hydroxylation is 1. The molecule has 2 N–H and O–H groups in total. The Morgan fingerprint density at radius 1 is 1.07 bits per heavy atom. The van der Waals surface area contributed by atoms with E-state index in [1.54, 1.807) is 35.9 Å². The van der Waals surface area contributed by atoms with E-state index in [-0.39, 0.29) is 23.0 Å². The molecule has 0 radical (unpaired) electrons. The molecule has 1 aliphatic heterocycles. The third-order valence-electron chi connectivity index (χ3n) is 7.39. The van der Waals surface area contributed by atoms with Crippen LogP contribution in [-0.2, 0) is 16.6 Å². The number of aliphatic imine (C=N–C) groups is 1. The van der Waals surface area contributed by atoms with Gasteiger partial charge >= 0.3 is 6.01 Å². The highest BCUT2D eigenvalue weighted by molar-refractivity contribution is 7.15. The van der Waals surface area contributed by atoms with Crippen LogP contribution in [0.1, 0.15) is 48.6 Å². The smallest absolute Gasteiger partial charge is 0.317 e. The van der Waals surface area contributed by atoms with Gasteiger partial charge in [-0.05, 0) is 18.9 Å². The Kier molecular flexibility index (Phi) is 6.34. The van der Waals surface area contributed by atoms with Crippen LogP contribution in [0, 0.1) is 5.82 Å². The summed E-state index contributed by atoms with van der Waals surface area (Å²) in [7, 11) is 0. The first-order chi connectivity index (χ1) is 20.4. The average Bonchev–Trinajstić information content (AvgIpc) is 3.40. The van der Waals surface area contributed by atoms with Crippen molar-refractivity contribution in [3.63, 3.8) is 0 Å². The molecule has 5 aromatic rings. The Morgan fingerprint density at radius 3 is 2.60 bits per heavy atom. The Hall–Kier alpha value is -4.84. The van der Waals surface area contributed by atoms with E-state index in [1.165, 1.54) is 6.07 Å². The monoisotopic (exact) mass is 580 g/mol. The quantitative estimate of drug-likeness (QED) is 0.253. The number of hydrogen-bond acceptors (Lipinski definition) is 10. The number of halogens is 1. The van der Waals surface area contributed by atoms with Crippen LogP contribution in [-0.4, -0.2) is 42.9 Å². The van der Waals surface area contributed by atoms with Crippen LogP contribution in [0.2, 0.25) is 0 Å². The lowest BCUT2D eigenvalue weighted by atomic mass is 10.0. The molecule has 10 nitrogen and oxygen atoms in total. The Morgan fingerprint density at radius 2 is 1.86 bits per heavy atom. The molecule has 0 bridgehead atoms. The van der Waals surface area contributed by atoms with Gasteiger partial charge in [-0.25, -0.2) is 24.3 Å². The molecule has 1 aliphatic carbocycles. The van der Waals surface area contributed by atoms with E-state index in [0.29, 0.717) is 17.0 Å². The lowest BCUT2D eigenvalue weighted by molar-refractivity contribution is -0.116. The van der Waals surface area contributed by atoms with E-state index in [2.05, 4.69) is 42.7 Å². The number of benzene rings is 2. The first kappa shape index (κ1) is 26.1. The highest BCUT2D eigenvalue weighted by Gasteiger charge is 2.43. The van der Waals surface area contributed by atoms with Gasteiger partial charge in [-0.1, -0.05) is 61.4 Å². The van der Waals surface area contributed by atoms with Gasteiger partial charge < -0.3 is 15.1 Å². The van der Waals surface area contributed by atoms with Crippen LogP contribution >= 0.6 is 11.3 Å². The van der Waals surface area contributed by atoms with E-state index in [4.69, 9.17) is 9.40 Å².